The average molecular weight is 278 g/mol. The predicted octanol–water partition coefficient (Wildman–Crippen LogP) is 1.82. The van der Waals surface area contributed by atoms with Gasteiger partial charge in [-0.05, 0) is 23.8 Å². The predicted molar refractivity (Wildman–Crippen MR) is 75.8 cm³/mol. The molecule has 2 aromatic rings. The molecule has 0 spiro atoms. The second-order valence-electron chi connectivity index (χ2n) is 3.97. The molecule has 0 radical (unpaired) electrons. The van der Waals surface area contributed by atoms with Gasteiger partial charge < -0.3 is 5.11 Å². The summed E-state index contributed by atoms with van der Waals surface area (Å²) >= 11 is 0. The molecular formula is C13H14N2O3S. The van der Waals surface area contributed by atoms with Crippen molar-refractivity contribution in [1.82, 2.24) is 4.83 Å². The van der Waals surface area contributed by atoms with E-state index in [-0.39, 0.29) is 11.5 Å². The third-order valence-electron chi connectivity index (χ3n) is 2.71. The van der Waals surface area contributed by atoms with Gasteiger partial charge in [0, 0.05) is 5.56 Å². The maximum Gasteiger partial charge on any atom is 0.247 e. The van der Waals surface area contributed by atoms with Crippen LogP contribution in [-0.4, -0.2) is 25.5 Å². The number of nitrogens with zero attached hydrogens (tertiary/aromatic N) is 1. The van der Waals surface area contributed by atoms with Crippen LogP contribution in [0.3, 0.4) is 0 Å². The monoisotopic (exact) mass is 278 g/mol. The van der Waals surface area contributed by atoms with E-state index in [1.165, 1.54) is 13.1 Å². The van der Waals surface area contributed by atoms with Crippen molar-refractivity contribution in [2.24, 2.45) is 5.10 Å². The molecule has 0 aliphatic carbocycles. The van der Waals surface area contributed by atoms with Crippen molar-refractivity contribution in [1.29, 1.82) is 0 Å². The number of hydrogen-bond donors (Lipinski definition) is 2. The Bertz CT molecular complexity index is 724. The topological polar surface area (TPSA) is 78.8 Å². The maximum absolute atomic E-state index is 11.3. The number of sulfonamides is 1. The molecule has 2 rings (SSSR count). The summed E-state index contributed by atoms with van der Waals surface area (Å²) in [7, 11) is -3.39. The van der Waals surface area contributed by atoms with Gasteiger partial charge in [0.25, 0.3) is 0 Å². The fraction of sp³-hybridized carbons (Fsp3) is 0.154. The summed E-state index contributed by atoms with van der Waals surface area (Å²) in [4.78, 5) is 2.08. The van der Waals surface area contributed by atoms with Crippen LogP contribution >= 0.6 is 0 Å². The minimum atomic E-state index is -3.39. The zero-order valence-electron chi connectivity index (χ0n) is 10.4. The highest BCUT2D eigenvalue weighted by atomic mass is 32.2. The normalized spacial score (nSPS) is 12.1. The van der Waals surface area contributed by atoms with E-state index in [9.17, 15) is 13.5 Å². The number of rotatable bonds is 4. The standard InChI is InChI=1S/C13H14N2O3S/c1-2-19(17,18)15-14-9-12-11-6-4-3-5-10(11)7-8-13(12)16/h3-9,15-16H,2H2,1H3/b14-9+. The minimum Gasteiger partial charge on any atom is -0.507 e. The van der Waals surface area contributed by atoms with Crippen LogP contribution in [0, 0.1) is 0 Å². The lowest BCUT2D eigenvalue weighted by Gasteiger charge is -2.04. The average Bonchev–Trinajstić information content (AvgIpc) is 2.41. The van der Waals surface area contributed by atoms with Gasteiger partial charge >= 0.3 is 0 Å². The second-order valence-corrected chi connectivity index (χ2v) is 5.96. The van der Waals surface area contributed by atoms with Crippen LogP contribution in [0.15, 0.2) is 41.5 Å². The van der Waals surface area contributed by atoms with Crippen LogP contribution < -0.4 is 4.83 Å². The molecule has 19 heavy (non-hydrogen) atoms. The Hall–Kier alpha value is -2.08. The molecule has 100 valence electrons. The van der Waals surface area contributed by atoms with Crippen LogP contribution in [0.1, 0.15) is 12.5 Å². The number of phenolic OH excluding ortho intramolecular Hbond substituents is 1. The highest BCUT2D eigenvalue weighted by molar-refractivity contribution is 7.89. The Balaban J connectivity index is 2.40. The fourth-order valence-electron chi connectivity index (χ4n) is 1.66. The lowest BCUT2D eigenvalue weighted by atomic mass is 10.0. The molecule has 0 bridgehead atoms. The van der Waals surface area contributed by atoms with Crippen molar-refractivity contribution in [3.63, 3.8) is 0 Å². The first kappa shape index (κ1) is 13.4. The Morgan fingerprint density at radius 1 is 1.26 bits per heavy atom. The van der Waals surface area contributed by atoms with Crippen LogP contribution in [-0.2, 0) is 10.0 Å². The molecule has 6 heteroatoms. The molecule has 0 unspecified atom stereocenters. The third-order valence-corrected chi connectivity index (χ3v) is 3.86. The molecule has 0 aromatic heterocycles. The number of fused-ring (bicyclic) bond motifs is 1. The van der Waals surface area contributed by atoms with E-state index in [2.05, 4.69) is 9.93 Å². The van der Waals surface area contributed by atoms with Crippen LogP contribution in [0.4, 0.5) is 0 Å². The summed E-state index contributed by atoms with van der Waals surface area (Å²) in [6, 6.07) is 10.8. The molecule has 5 nitrogen and oxygen atoms in total. The van der Waals surface area contributed by atoms with Crippen LogP contribution in [0.25, 0.3) is 10.8 Å². The van der Waals surface area contributed by atoms with Crippen LogP contribution in [0.2, 0.25) is 0 Å². The van der Waals surface area contributed by atoms with Gasteiger partial charge in [-0.1, -0.05) is 30.3 Å². The van der Waals surface area contributed by atoms with Crippen molar-refractivity contribution in [3.05, 3.63) is 42.0 Å². The molecule has 0 heterocycles. The molecular weight excluding hydrogens is 264 g/mol. The van der Waals surface area contributed by atoms with E-state index in [4.69, 9.17) is 0 Å². The van der Waals surface area contributed by atoms with Crippen molar-refractivity contribution >= 4 is 27.0 Å². The van der Waals surface area contributed by atoms with Gasteiger partial charge in [-0.3, -0.25) is 0 Å². The van der Waals surface area contributed by atoms with Crippen LogP contribution in [0.5, 0.6) is 5.75 Å². The van der Waals surface area contributed by atoms with Crippen molar-refractivity contribution in [3.8, 4) is 5.75 Å². The Morgan fingerprint density at radius 3 is 2.74 bits per heavy atom. The van der Waals surface area contributed by atoms with Gasteiger partial charge in [0.05, 0.1) is 12.0 Å². The summed E-state index contributed by atoms with van der Waals surface area (Å²) in [5.41, 5.74) is 0.483. The van der Waals surface area contributed by atoms with Gasteiger partial charge in [0.15, 0.2) is 0 Å². The summed E-state index contributed by atoms with van der Waals surface area (Å²) in [6.07, 6.45) is 1.31. The molecule has 0 saturated carbocycles. The largest absolute Gasteiger partial charge is 0.507 e. The van der Waals surface area contributed by atoms with Gasteiger partial charge in [-0.25, -0.2) is 13.2 Å². The first-order valence-corrected chi connectivity index (χ1v) is 7.42. The van der Waals surface area contributed by atoms with Gasteiger partial charge in [-0.2, -0.15) is 5.10 Å². The third kappa shape index (κ3) is 3.03. The van der Waals surface area contributed by atoms with Crippen molar-refractivity contribution in [2.75, 3.05) is 5.75 Å². The van der Waals surface area contributed by atoms with E-state index < -0.39 is 10.0 Å². The molecule has 0 aliphatic rings. The van der Waals surface area contributed by atoms with E-state index in [0.29, 0.717) is 5.56 Å². The van der Waals surface area contributed by atoms with E-state index in [1.54, 1.807) is 12.1 Å². The van der Waals surface area contributed by atoms with Gasteiger partial charge in [0.1, 0.15) is 5.75 Å². The summed E-state index contributed by atoms with van der Waals surface area (Å²) in [5.74, 6) is 0.00410. The molecule has 2 N–H and O–H groups in total. The van der Waals surface area contributed by atoms with Gasteiger partial charge in [0.2, 0.25) is 10.0 Å². The Morgan fingerprint density at radius 2 is 2.00 bits per heavy atom. The van der Waals surface area contributed by atoms with E-state index in [1.807, 2.05) is 24.3 Å². The lowest BCUT2D eigenvalue weighted by Crippen LogP contribution is -2.19. The van der Waals surface area contributed by atoms with E-state index >= 15 is 0 Å². The van der Waals surface area contributed by atoms with Crippen molar-refractivity contribution in [2.45, 2.75) is 6.92 Å². The number of hydrazone groups is 1. The Kier molecular flexibility index (Phi) is 3.71. The number of phenols is 1. The van der Waals surface area contributed by atoms with Gasteiger partial charge in [-0.15, -0.1) is 0 Å². The van der Waals surface area contributed by atoms with Crippen molar-refractivity contribution < 1.29 is 13.5 Å². The smallest absolute Gasteiger partial charge is 0.247 e. The lowest BCUT2D eigenvalue weighted by molar-refractivity contribution is 0.475. The molecule has 0 aliphatic heterocycles. The molecule has 0 saturated heterocycles. The first-order valence-electron chi connectivity index (χ1n) is 5.77. The zero-order chi connectivity index (χ0) is 13.9. The first-order chi connectivity index (χ1) is 9.03. The highest BCUT2D eigenvalue weighted by Gasteiger charge is 2.06. The summed E-state index contributed by atoms with van der Waals surface area (Å²) in [6.45, 7) is 1.52. The summed E-state index contributed by atoms with van der Waals surface area (Å²) in [5, 5.41) is 15.3. The zero-order valence-corrected chi connectivity index (χ0v) is 11.2. The summed E-state index contributed by atoms with van der Waals surface area (Å²) < 4.78 is 22.5. The number of benzene rings is 2. The molecule has 0 atom stereocenters. The number of nitrogens with one attached hydrogen (secondary N) is 1. The molecule has 0 amide bonds. The number of aromatic hydroxyl groups is 1. The quantitative estimate of drug-likeness (QED) is 0.661. The highest BCUT2D eigenvalue weighted by Crippen LogP contribution is 2.25. The molecule has 2 aromatic carbocycles. The maximum atomic E-state index is 11.3. The Labute approximate surface area is 111 Å². The number of hydrogen-bond acceptors (Lipinski definition) is 4. The van der Waals surface area contributed by atoms with E-state index in [0.717, 1.165) is 10.8 Å². The fourth-order valence-corrected chi connectivity index (χ4v) is 2.00. The minimum absolute atomic E-state index is 0.0497. The molecule has 0 fully saturated rings. The SMILES string of the molecule is CCS(=O)(=O)N/N=C/c1c(O)ccc2ccccc12. The second kappa shape index (κ2) is 5.27.